The number of carbonyl (C=O) groups is 1. The molecule has 0 unspecified atom stereocenters. The van der Waals surface area contributed by atoms with Crippen LogP contribution in [0.15, 0.2) is 76.4 Å². The third kappa shape index (κ3) is 4.01. The highest BCUT2D eigenvalue weighted by molar-refractivity contribution is 7.89. The van der Waals surface area contributed by atoms with E-state index in [2.05, 4.69) is 5.32 Å². The molecule has 3 aromatic rings. The topological polar surface area (TPSA) is 97.7 Å². The average Bonchev–Trinajstić information content (AvgIpc) is 2.86. The minimum atomic E-state index is -3.72. The van der Waals surface area contributed by atoms with Crippen LogP contribution in [-0.4, -0.2) is 43.4 Å². The summed E-state index contributed by atoms with van der Waals surface area (Å²) >= 11 is 0. The Hall–Kier alpha value is -3.43. The van der Waals surface area contributed by atoms with Crippen molar-refractivity contribution in [1.29, 1.82) is 0 Å². The number of piperidine rings is 1. The summed E-state index contributed by atoms with van der Waals surface area (Å²) in [6.07, 6.45) is 0.756. The van der Waals surface area contributed by atoms with Crippen LogP contribution in [0.3, 0.4) is 0 Å². The monoisotopic (exact) mass is 479 g/mol. The van der Waals surface area contributed by atoms with Gasteiger partial charge in [0.25, 0.3) is 11.5 Å². The van der Waals surface area contributed by atoms with Gasteiger partial charge in [-0.25, -0.2) is 8.42 Å². The van der Waals surface area contributed by atoms with Gasteiger partial charge in [-0.3, -0.25) is 9.59 Å². The van der Waals surface area contributed by atoms with E-state index in [9.17, 15) is 18.0 Å². The molecule has 2 atom stereocenters. The maximum absolute atomic E-state index is 13.4. The molecule has 34 heavy (non-hydrogen) atoms. The van der Waals surface area contributed by atoms with E-state index in [0.717, 1.165) is 6.42 Å². The van der Waals surface area contributed by atoms with E-state index in [-0.39, 0.29) is 34.7 Å². The Labute approximate surface area is 197 Å². The standard InChI is InChI=1S/C25H25N3O5S/c1-33-20-7-9-21(10-8-20)34(31,32)27-14-17-13-19(16-27)24-22(11-12-23(29)28(24)15-17)26-25(30)18-5-3-2-4-6-18/h2-12,17,19H,13-16H2,1H3,(H,26,30)/t17-,19+/m0/s1. The minimum absolute atomic E-state index is 0.0112. The number of fused-ring (bicyclic) bond motifs is 4. The van der Waals surface area contributed by atoms with Gasteiger partial charge in [0, 0.05) is 42.9 Å². The molecular weight excluding hydrogens is 454 g/mol. The van der Waals surface area contributed by atoms with Gasteiger partial charge in [-0.1, -0.05) is 18.2 Å². The highest BCUT2D eigenvalue weighted by Crippen LogP contribution is 2.40. The molecule has 2 aliphatic heterocycles. The van der Waals surface area contributed by atoms with Crippen LogP contribution in [0, 0.1) is 5.92 Å². The first kappa shape index (κ1) is 22.4. The second kappa shape index (κ2) is 8.73. The summed E-state index contributed by atoms with van der Waals surface area (Å²) in [5.74, 6) is 0.113. The van der Waals surface area contributed by atoms with Crippen molar-refractivity contribution < 1.29 is 17.9 Å². The summed E-state index contributed by atoms with van der Waals surface area (Å²) in [5.41, 5.74) is 1.59. The molecular formula is C25H25N3O5S. The van der Waals surface area contributed by atoms with E-state index in [1.165, 1.54) is 17.5 Å². The van der Waals surface area contributed by atoms with Gasteiger partial charge in [-0.15, -0.1) is 0 Å². The van der Waals surface area contributed by atoms with Crippen LogP contribution in [0.2, 0.25) is 0 Å². The Morgan fingerprint density at radius 3 is 2.41 bits per heavy atom. The molecule has 0 saturated carbocycles. The number of amides is 1. The first-order valence-electron chi connectivity index (χ1n) is 11.1. The van der Waals surface area contributed by atoms with Crippen LogP contribution in [0.5, 0.6) is 5.75 Å². The highest BCUT2D eigenvalue weighted by atomic mass is 32.2. The van der Waals surface area contributed by atoms with Crippen LogP contribution in [0.25, 0.3) is 0 Å². The fourth-order valence-corrected chi connectivity index (χ4v) is 6.52. The van der Waals surface area contributed by atoms with Gasteiger partial charge >= 0.3 is 0 Å². The maximum atomic E-state index is 13.4. The highest BCUT2D eigenvalue weighted by Gasteiger charge is 2.40. The average molecular weight is 480 g/mol. The van der Waals surface area contributed by atoms with Crippen LogP contribution < -0.4 is 15.6 Å². The lowest BCUT2D eigenvalue weighted by atomic mass is 9.83. The predicted octanol–water partition coefficient (Wildman–Crippen LogP) is 2.92. The van der Waals surface area contributed by atoms with Gasteiger partial charge in [0.05, 0.1) is 17.7 Å². The second-order valence-electron chi connectivity index (χ2n) is 8.70. The van der Waals surface area contributed by atoms with E-state index in [1.54, 1.807) is 59.2 Å². The van der Waals surface area contributed by atoms with Gasteiger partial charge in [-0.2, -0.15) is 4.31 Å². The fraction of sp³-hybridized carbons (Fsp3) is 0.280. The number of nitrogens with one attached hydrogen (secondary N) is 1. The number of ether oxygens (including phenoxy) is 1. The summed E-state index contributed by atoms with van der Waals surface area (Å²) in [7, 11) is -2.19. The Morgan fingerprint density at radius 2 is 1.71 bits per heavy atom. The zero-order valence-corrected chi connectivity index (χ0v) is 19.5. The number of anilines is 1. The zero-order chi connectivity index (χ0) is 23.9. The molecule has 1 amide bonds. The molecule has 2 aliphatic rings. The number of benzene rings is 2. The van der Waals surface area contributed by atoms with Crippen molar-refractivity contribution in [3.63, 3.8) is 0 Å². The minimum Gasteiger partial charge on any atom is -0.497 e. The molecule has 0 radical (unpaired) electrons. The summed E-state index contributed by atoms with van der Waals surface area (Å²) in [5, 5.41) is 2.93. The molecule has 0 spiro atoms. The predicted molar refractivity (Wildman–Crippen MR) is 128 cm³/mol. The first-order valence-corrected chi connectivity index (χ1v) is 12.5. The number of hydrogen-bond acceptors (Lipinski definition) is 5. The van der Waals surface area contributed by atoms with Crippen molar-refractivity contribution in [2.45, 2.75) is 23.8 Å². The Bertz CT molecular complexity index is 1380. The molecule has 9 heteroatoms. The third-order valence-corrected chi connectivity index (χ3v) is 8.38. The molecule has 8 nitrogen and oxygen atoms in total. The van der Waals surface area contributed by atoms with Gasteiger partial charge in [0.2, 0.25) is 10.0 Å². The molecule has 3 heterocycles. The summed E-state index contributed by atoms with van der Waals surface area (Å²) in [4.78, 5) is 25.7. The molecule has 2 aromatic carbocycles. The lowest BCUT2D eigenvalue weighted by molar-refractivity contribution is 0.102. The fourth-order valence-electron chi connectivity index (χ4n) is 4.95. The lowest BCUT2D eigenvalue weighted by Gasteiger charge is -2.42. The van der Waals surface area contributed by atoms with Crippen LogP contribution in [0.1, 0.15) is 28.4 Å². The third-order valence-electron chi connectivity index (χ3n) is 6.54. The molecule has 5 rings (SSSR count). The number of rotatable bonds is 5. The van der Waals surface area contributed by atoms with Crippen LogP contribution in [-0.2, 0) is 16.6 Å². The number of pyridine rings is 1. The van der Waals surface area contributed by atoms with E-state index in [0.29, 0.717) is 35.8 Å². The van der Waals surface area contributed by atoms with Gasteiger partial charge in [0.15, 0.2) is 0 Å². The van der Waals surface area contributed by atoms with Crippen molar-refractivity contribution in [1.82, 2.24) is 8.87 Å². The number of methoxy groups -OCH3 is 1. The van der Waals surface area contributed by atoms with Gasteiger partial charge in [-0.05, 0) is 54.8 Å². The smallest absolute Gasteiger partial charge is 0.255 e. The van der Waals surface area contributed by atoms with Crippen LogP contribution >= 0.6 is 0 Å². The summed E-state index contributed by atoms with van der Waals surface area (Å²) < 4.78 is 35.1. The number of nitrogens with zero attached hydrogens (tertiary/aromatic N) is 2. The molecule has 1 fully saturated rings. The normalized spacial score (nSPS) is 19.8. The van der Waals surface area contributed by atoms with Crippen molar-refractivity contribution >= 4 is 21.6 Å². The van der Waals surface area contributed by atoms with Gasteiger partial charge in [0.1, 0.15) is 5.75 Å². The van der Waals surface area contributed by atoms with Crippen LogP contribution in [0.4, 0.5) is 5.69 Å². The molecule has 2 bridgehead atoms. The number of aromatic nitrogens is 1. The summed E-state index contributed by atoms with van der Waals surface area (Å²) in [6, 6.07) is 18.3. The number of carbonyl (C=O) groups excluding carboxylic acids is 1. The molecule has 1 saturated heterocycles. The molecule has 0 aliphatic carbocycles. The zero-order valence-electron chi connectivity index (χ0n) is 18.7. The molecule has 1 N–H and O–H groups in total. The quantitative estimate of drug-likeness (QED) is 0.607. The van der Waals surface area contributed by atoms with Crippen molar-refractivity contribution in [3.8, 4) is 5.75 Å². The van der Waals surface area contributed by atoms with Crippen molar-refractivity contribution in [2.24, 2.45) is 5.92 Å². The van der Waals surface area contributed by atoms with E-state index in [1.807, 2.05) is 6.07 Å². The Morgan fingerprint density at radius 1 is 0.971 bits per heavy atom. The first-order chi connectivity index (χ1) is 16.4. The summed E-state index contributed by atoms with van der Waals surface area (Å²) in [6.45, 7) is 0.994. The SMILES string of the molecule is COc1ccc(S(=O)(=O)N2C[C@@H]3C[C@H](C2)c2c(NC(=O)c4ccccc4)ccc(=O)n2C3)cc1. The van der Waals surface area contributed by atoms with Gasteiger partial charge < -0.3 is 14.6 Å². The number of sulfonamides is 1. The van der Waals surface area contributed by atoms with Crippen molar-refractivity contribution in [3.05, 3.63) is 88.3 Å². The van der Waals surface area contributed by atoms with E-state index < -0.39 is 10.0 Å². The second-order valence-corrected chi connectivity index (χ2v) is 10.6. The Kier molecular flexibility index (Phi) is 5.75. The number of hydrogen-bond donors (Lipinski definition) is 1. The molecule has 1 aromatic heterocycles. The van der Waals surface area contributed by atoms with E-state index in [4.69, 9.17) is 4.74 Å². The van der Waals surface area contributed by atoms with Crippen molar-refractivity contribution in [2.75, 3.05) is 25.5 Å². The lowest BCUT2D eigenvalue weighted by Crippen LogP contribution is -2.49. The molecule has 176 valence electrons. The largest absolute Gasteiger partial charge is 0.497 e. The Balaban J connectivity index is 1.47. The van der Waals surface area contributed by atoms with E-state index >= 15 is 0 Å². The maximum Gasteiger partial charge on any atom is 0.255 e.